The number of halogens is 1. The number of hydrogen-bond donors (Lipinski definition) is 1. The van der Waals surface area contributed by atoms with Crippen molar-refractivity contribution >= 4 is 29.2 Å². The van der Waals surface area contributed by atoms with Gasteiger partial charge in [-0.25, -0.2) is 4.98 Å². The van der Waals surface area contributed by atoms with Crippen LogP contribution in [0.15, 0.2) is 47.4 Å². The van der Waals surface area contributed by atoms with Gasteiger partial charge in [0.15, 0.2) is 0 Å². The summed E-state index contributed by atoms with van der Waals surface area (Å²) in [6.45, 7) is 0. The molecule has 82 valence electrons. The smallest absolute Gasteiger partial charge is 0.138 e. The first-order chi connectivity index (χ1) is 7.75. The molecular formula is C12H11ClN2S. The minimum Gasteiger partial charge on any atom is -0.383 e. The Morgan fingerprint density at radius 1 is 1.12 bits per heavy atom. The van der Waals surface area contributed by atoms with Gasteiger partial charge >= 0.3 is 0 Å². The van der Waals surface area contributed by atoms with E-state index in [4.69, 9.17) is 17.3 Å². The molecule has 4 heteroatoms. The van der Waals surface area contributed by atoms with Crippen molar-refractivity contribution in [3.05, 3.63) is 53.2 Å². The summed E-state index contributed by atoms with van der Waals surface area (Å²) in [7, 11) is 0. The second-order valence-corrected chi connectivity index (χ2v) is 4.70. The van der Waals surface area contributed by atoms with Crippen molar-refractivity contribution in [2.45, 2.75) is 10.6 Å². The lowest BCUT2D eigenvalue weighted by Gasteiger charge is -2.04. The van der Waals surface area contributed by atoms with Crippen LogP contribution >= 0.6 is 23.4 Å². The van der Waals surface area contributed by atoms with Gasteiger partial charge in [-0.15, -0.1) is 11.8 Å². The lowest BCUT2D eigenvalue weighted by Crippen LogP contribution is -1.93. The molecule has 0 aliphatic heterocycles. The maximum absolute atomic E-state index is 5.77. The van der Waals surface area contributed by atoms with E-state index in [2.05, 4.69) is 17.1 Å². The average Bonchev–Trinajstić information content (AvgIpc) is 2.29. The molecule has 0 spiro atoms. The first-order valence-corrected chi connectivity index (χ1v) is 6.21. The highest BCUT2D eigenvalue weighted by Crippen LogP contribution is 2.27. The second-order valence-electron chi connectivity index (χ2n) is 3.29. The molecule has 0 bridgehead atoms. The van der Waals surface area contributed by atoms with Gasteiger partial charge < -0.3 is 5.73 Å². The summed E-state index contributed by atoms with van der Waals surface area (Å²) in [5.74, 6) is 1.38. The summed E-state index contributed by atoms with van der Waals surface area (Å²) in [6, 6.07) is 13.9. The normalized spacial score (nSPS) is 10.3. The Hall–Kier alpha value is -1.19. The van der Waals surface area contributed by atoms with Crippen molar-refractivity contribution in [2.75, 3.05) is 5.73 Å². The molecule has 1 aromatic heterocycles. The van der Waals surface area contributed by atoms with E-state index >= 15 is 0 Å². The molecule has 0 saturated heterocycles. The third-order valence-corrected chi connectivity index (χ3v) is 3.43. The summed E-state index contributed by atoms with van der Waals surface area (Å²) in [5.41, 5.74) is 7.03. The molecular weight excluding hydrogens is 240 g/mol. The number of aromatic nitrogens is 1. The number of nitrogens with zero attached hydrogens (tertiary/aromatic N) is 1. The van der Waals surface area contributed by atoms with E-state index in [1.165, 1.54) is 5.56 Å². The first-order valence-electron chi connectivity index (χ1n) is 4.84. The Morgan fingerprint density at radius 3 is 2.56 bits per heavy atom. The van der Waals surface area contributed by atoms with E-state index in [1.54, 1.807) is 17.8 Å². The van der Waals surface area contributed by atoms with E-state index in [9.17, 15) is 0 Å². The summed E-state index contributed by atoms with van der Waals surface area (Å²) in [5, 5.41) is 0.432. The summed E-state index contributed by atoms with van der Waals surface area (Å²) in [4.78, 5) is 4.97. The van der Waals surface area contributed by atoms with E-state index in [0.717, 1.165) is 10.6 Å². The fraction of sp³-hybridized carbons (Fsp3) is 0.0833. The third kappa shape index (κ3) is 2.90. The van der Waals surface area contributed by atoms with Gasteiger partial charge in [0.1, 0.15) is 11.0 Å². The number of thioether (sulfide) groups is 1. The van der Waals surface area contributed by atoms with Crippen molar-refractivity contribution < 1.29 is 0 Å². The topological polar surface area (TPSA) is 38.9 Å². The zero-order chi connectivity index (χ0) is 11.4. The fourth-order valence-corrected chi connectivity index (χ4v) is 2.32. The van der Waals surface area contributed by atoms with E-state index in [0.29, 0.717) is 11.0 Å². The van der Waals surface area contributed by atoms with Crippen LogP contribution in [0.5, 0.6) is 0 Å². The molecule has 2 N–H and O–H groups in total. The summed E-state index contributed by atoms with van der Waals surface area (Å²) < 4.78 is 0. The van der Waals surface area contributed by atoms with Crippen molar-refractivity contribution in [2.24, 2.45) is 0 Å². The van der Waals surface area contributed by atoms with Gasteiger partial charge in [-0.05, 0) is 17.7 Å². The van der Waals surface area contributed by atoms with Crippen LogP contribution in [-0.2, 0) is 5.75 Å². The Bertz CT molecular complexity index is 474. The number of nitrogen functional groups attached to an aromatic ring is 1. The number of anilines is 1. The second kappa shape index (κ2) is 5.23. The van der Waals surface area contributed by atoms with Crippen LogP contribution in [0.4, 0.5) is 5.82 Å². The van der Waals surface area contributed by atoms with Crippen molar-refractivity contribution in [3.63, 3.8) is 0 Å². The molecule has 16 heavy (non-hydrogen) atoms. The van der Waals surface area contributed by atoms with E-state index in [1.807, 2.05) is 24.3 Å². The molecule has 2 aromatic rings. The van der Waals surface area contributed by atoms with E-state index in [-0.39, 0.29) is 0 Å². The Morgan fingerprint density at radius 2 is 1.88 bits per heavy atom. The van der Waals surface area contributed by atoms with Gasteiger partial charge in [0.05, 0.1) is 0 Å². The van der Waals surface area contributed by atoms with Gasteiger partial charge in [-0.2, -0.15) is 0 Å². The molecule has 1 heterocycles. The molecule has 2 nitrogen and oxygen atoms in total. The standard InChI is InChI=1S/C12H11ClN2S/c13-11-7-6-10(12(14)15-11)16-8-9-4-2-1-3-5-9/h1-7H,8H2,(H2,14,15). The zero-order valence-electron chi connectivity index (χ0n) is 8.56. The molecule has 0 radical (unpaired) electrons. The van der Waals surface area contributed by atoms with Crippen molar-refractivity contribution in [1.29, 1.82) is 0 Å². The van der Waals surface area contributed by atoms with Crippen LogP contribution in [0.3, 0.4) is 0 Å². The van der Waals surface area contributed by atoms with Crippen LogP contribution in [0.1, 0.15) is 5.56 Å². The maximum Gasteiger partial charge on any atom is 0.138 e. The number of benzene rings is 1. The van der Waals surface area contributed by atoms with Gasteiger partial charge in [0, 0.05) is 10.6 Å². The molecule has 0 aliphatic rings. The van der Waals surface area contributed by atoms with Gasteiger partial charge in [-0.1, -0.05) is 41.9 Å². The number of hydrogen-bond acceptors (Lipinski definition) is 3. The highest BCUT2D eigenvalue weighted by atomic mass is 35.5. The van der Waals surface area contributed by atoms with Crippen molar-refractivity contribution in [3.8, 4) is 0 Å². The zero-order valence-corrected chi connectivity index (χ0v) is 10.1. The number of pyridine rings is 1. The third-order valence-electron chi connectivity index (χ3n) is 2.09. The van der Waals surface area contributed by atoms with Crippen LogP contribution in [0, 0.1) is 0 Å². The minimum atomic E-state index is 0.432. The molecule has 0 saturated carbocycles. The van der Waals surface area contributed by atoms with Gasteiger partial charge in [-0.3, -0.25) is 0 Å². The number of rotatable bonds is 3. The maximum atomic E-state index is 5.77. The molecule has 1 aromatic carbocycles. The van der Waals surface area contributed by atoms with Crippen LogP contribution in [-0.4, -0.2) is 4.98 Å². The molecule has 2 rings (SSSR count). The summed E-state index contributed by atoms with van der Waals surface area (Å²) >= 11 is 7.40. The Labute approximate surface area is 104 Å². The highest BCUT2D eigenvalue weighted by Gasteiger charge is 2.02. The highest BCUT2D eigenvalue weighted by molar-refractivity contribution is 7.98. The van der Waals surface area contributed by atoms with Gasteiger partial charge in [0.25, 0.3) is 0 Å². The molecule has 0 fully saturated rings. The largest absolute Gasteiger partial charge is 0.383 e. The Kier molecular flexibility index (Phi) is 3.70. The van der Waals surface area contributed by atoms with E-state index < -0.39 is 0 Å². The van der Waals surface area contributed by atoms with Crippen LogP contribution < -0.4 is 5.73 Å². The number of nitrogens with two attached hydrogens (primary N) is 1. The molecule has 0 atom stereocenters. The predicted octanol–water partition coefficient (Wildman–Crippen LogP) is 3.61. The first kappa shape index (κ1) is 11.3. The van der Waals surface area contributed by atoms with Crippen LogP contribution in [0.2, 0.25) is 5.15 Å². The lowest BCUT2D eigenvalue weighted by molar-refractivity contribution is 1.25. The SMILES string of the molecule is Nc1nc(Cl)ccc1SCc1ccccc1. The monoisotopic (exact) mass is 250 g/mol. The minimum absolute atomic E-state index is 0.432. The Balaban J connectivity index is 2.05. The van der Waals surface area contributed by atoms with Crippen molar-refractivity contribution in [1.82, 2.24) is 4.98 Å². The van der Waals surface area contributed by atoms with Crippen LogP contribution in [0.25, 0.3) is 0 Å². The van der Waals surface area contributed by atoms with Gasteiger partial charge in [0.2, 0.25) is 0 Å². The average molecular weight is 251 g/mol. The predicted molar refractivity (Wildman–Crippen MR) is 69.7 cm³/mol. The molecule has 0 aliphatic carbocycles. The molecule has 0 unspecified atom stereocenters. The molecule has 0 amide bonds. The fourth-order valence-electron chi connectivity index (χ4n) is 1.29. The summed E-state index contributed by atoms with van der Waals surface area (Å²) in [6.07, 6.45) is 0. The quantitative estimate of drug-likeness (QED) is 0.668. The lowest BCUT2D eigenvalue weighted by atomic mass is 10.2.